The van der Waals surface area contributed by atoms with E-state index in [9.17, 15) is 14.4 Å². The lowest BCUT2D eigenvalue weighted by atomic mass is 10.0. The molecule has 3 atom stereocenters. The van der Waals surface area contributed by atoms with Crippen LogP contribution >= 0.6 is 0 Å². The molecule has 2 aromatic carbocycles. The molecule has 0 aromatic heterocycles. The number of benzene rings is 2. The number of carbonyl (C=O) groups excluding carboxylic acids is 3. The van der Waals surface area contributed by atoms with Gasteiger partial charge in [0.05, 0.1) is 18.6 Å². The Morgan fingerprint density at radius 3 is 2.15 bits per heavy atom. The third-order valence-corrected chi connectivity index (χ3v) is 5.85. The largest absolute Gasteiger partial charge is 0.372 e. The van der Waals surface area contributed by atoms with E-state index >= 15 is 0 Å². The molecule has 2 N–H and O–H groups in total. The zero-order chi connectivity index (χ0) is 24.7. The standard InChI is InChI=1S/C27H35N3O4/c1-18(2)25(29-24(31)14-21-8-6-5-7-9-21)26(32)28-15-22-10-12-23(13-11-22)27(33)30-16-19(3)34-20(4)17-30/h5-13,18-20,25H,14-17H2,1-4H3,(H,28,32)(H,29,31). The molecule has 182 valence electrons. The molecule has 0 saturated carbocycles. The number of ether oxygens (including phenoxy) is 1. The molecule has 3 amide bonds. The van der Waals surface area contributed by atoms with Gasteiger partial charge in [-0.25, -0.2) is 0 Å². The van der Waals surface area contributed by atoms with Gasteiger partial charge in [0, 0.05) is 25.2 Å². The first-order chi connectivity index (χ1) is 16.2. The van der Waals surface area contributed by atoms with Gasteiger partial charge in [0.15, 0.2) is 0 Å². The molecule has 7 nitrogen and oxygen atoms in total. The van der Waals surface area contributed by atoms with Gasteiger partial charge in [0.2, 0.25) is 11.8 Å². The van der Waals surface area contributed by atoms with E-state index in [1.807, 2.05) is 75.1 Å². The Balaban J connectivity index is 1.53. The third-order valence-electron chi connectivity index (χ3n) is 5.85. The van der Waals surface area contributed by atoms with E-state index in [1.54, 1.807) is 12.1 Å². The quantitative estimate of drug-likeness (QED) is 0.628. The van der Waals surface area contributed by atoms with Crippen molar-refractivity contribution in [3.63, 3.8) is 0 Å². The number of hydrogen-bond acceptors (Lipinski definition) is 4. The van der Waals surface area contributed by atoms with Crippen LogP contribution in [0.1, 0.15) is 49.2 Å². The van der Waals surface area contributed by atoms with Crippen molar-refractivity contribution in [3.05, 3.63) is 71.3 Å². The molecule has 34 heavy (non-hydrogen) atoms. The van der Waals surface area contributed by atoms with Gasteiger partial charge in [-0.1, -0.05) is 56.3 Å². The van der Waals surface area contributed by atoms with Crippen molar-refractivity contribution in [1.82, 2.24) is 15.5 Å². The Kier molecular flexibility index (Phi) is 8.82. The molecule has 0 radical (unpaired) electrons. The minimum absolute atomic E-state index is 0.0152. The van der Waals surface area contributed by atoms with Gasteiger partial charge < -0.3 is 20.3 Å². The maximum atomic E-state index is 12.8. The summed E-state index contributed by atoms with van der Waals surface area (Å²) in [6, 6.07) is 16.1. The average molecular weight is 466 g/mol. The normalized spacial score (nSPS) is 18.9. The molecular formula is C27H35N3O4. The third kappa shape index (κ3) is 7.15. The lowest BCUT2D eigenvalue weighted by molar-refractivity contribution is -0.129. The van der Waals surface area contributed by atoms with Crippen LogP contribution in [0.25, 0.3) is 0 Å². The van der Waals surface area contributed by atoms with E-state index in [0.717, 1.165) is 11.1 Å². The fourth-order valence-electron chi connectivity index (χ4n) is 4.13. The molecule has 7 heteroatoms. The summed E-state index contributed by atoms with van der Waals surface area (Å²) in [5, 5.41) is 5.76. The van der Waals surface area contributed by atoms with Crippen LogP contribution in [0.2, 0.25) is 0 Å². The van der Waals surface area contributed by atoms with E-state index in [1.165, 1.54) is 0 Å². The topological polar surface area (TPSA) is 87.7 Å². The van der Waals surface area contributed by atoms with Gasteiger partial charge in [-0.3, -0.25) is 14.4 Å². The lowest BCUT2D eigenvalue weighted by Crippen LogP contribution is -2.49. The highest BCUT2D eigenvalue weighted by Crippen LogP contribution is 2.15. The van der Waals surface area contributed by atoms with Crippen molar-refractivity contribution < 1.29 is 19.1 Å². The molecule has 3 unspecified atom stereocenters. The van der Waals surface area contributed by atoms with E-state index in [-0.39, 0.29) is 42.3 Å². The molecule has 0 bridgehead atoms. The van der Waals surface area contributed by atoms with E-state index in [2.05, 4.69) is 10.6 Å². The van der Waals surface area contributed by atoms with Crippen molar-refractivity contribution in [1.29, 1.82) is 0 Å². The molecule has 0 aliphatic carbocycles. The summed E-state index contributed by atoms with van der Waals surface area (Å²) in [6.45, 7) is 9.21. The number of carbonyl (C=O) groups is 3. The first-order valence-electron chi connectivity index (χ1n) is 11.9. The number of amides is 3. The highest BCUT2D eigenvalue weighted by Gasteiger charge is 2.27. The first kappa shape index (κ1) is 25.4. The highest BCUT2D eigenvalue weighted by atomic mass is 16.5. The molecule has 1 aliphatic heterocycles. The Morgan fingerprint density at radius 1 is 0.941 bits per heavy atom. The van der Waals surface area contributed by atoms with Crippen LogP contribution in [0.3, 0.4) is 0 Å². The summed E-state index contributed by atoms with van der Waals surface area (Å²) in [7, 11) is 0. The Morgan fingerprint density at radius 2 is 1.56 bits per heavy atom. The fraction of sp³-hybridized carbons (Fsp3) is 0.444. The minimum Gasteiger partial charge on any atom is -0.372 e. The number of hydrogen-bond donors (Lipinski definition) is 2. The van der Waals surface area contributed by atoms with Crippen molar-refractivity contribution in [2.24, 2.45) is 5.92 Å². The van der Waals surface area contributed by atoms with Crippen LogP contribution in [-0.2, 0) is 27.3 Å². The summed E-state index contributed by atoms with van der Waals surface area (Å²) in [6.07, 6.45) is 0.265. The average Bonchev–Trinajstić information content (AvgIpc) is 2.80. The SMILES string of the molecule is CC1CN(C(=O)c2ccc(CNC(=O)C(NC(=O)Cc3ccccc3)C(C)C)cc2)CC(C)O1. The smallest absolute Gasteiger partial charge is 0.254 e. The molecular weight excluding hydrogens is 430 g/mol. The number of nitrogens with one attached hydrogen (secondary N) is 2. The fourth-order valence-corrected chi connectivity index (χ4v) is 4.13. The summed E-state index contributed by atoms with van der Waals surface area (Å²) < 4.78 is 5.71. The van der Waals surface area contributed by atoms with Crippen LogP contribution in [0, 0.1) is 5.92 Å². The zero-order valence-electron chi connectivity index (χ0n) is 20.4. The summed E-state index contributed by atoms with van der Waals surface area (Å²) in [5.41, 5.74) is 2.40. The maximum absolute atomic E-state index is 12.8. The van der Waals surface area contributed by atoms with Crippen LogP contribution in [0.4, 0.5) is 0 Å². The predicted molar refractivity (Wildman–Crippen MR) is 131 cm³/mol. The van der Waals surface area contributed by atoms with Gasteiger partial charge >= 0.3 is 0 Å². The number of nitrogens with zero attached hydrogens (tertiary/aromatic N) is 1. The molecule has 1 saturated heterocycles. The van der Waals surface area contributed by atoms with Crippen LogP contribution < -0.4 is 10.6 Å². The van der Waals surface area contributed by atoms with E-state index in [4.69, 9.17) is 4.74 Å². The minimum atomic E-state index is -0.623. The number of rotatable bonds is 8. The predicted octanol–water partition coefficient (Wildman–Crippen LogP) is 2.94. The van der Waals surface area contributed by atoms with Crippen molar-refractivity contribution in [3.8, 4) is 0 Å². The second-order valence-corrected chi connectivity index (χ2v) is 9.33. The van der Waals surface area contributed by atoms with Gasteiger partial charge in [0.1, 0.15) is 6.04 Å². The highest BCUT2D eigenvalue weighted by molar-refractivity contribution is 5.94. The van der Waals surface area contributed by atoms with Crippen molar-refractivity contribution in [2.45, 2.75) is 58.9 Å². The second-order valence-electron chi connectivity index (χ2n) is 9.33. The van der Waals surface area contributed by atoms with Crippen molar-refractivity contribution >= 4 is 17.7 Å². The van der Waals surface area contributed by atoms with Crippen molar-refractivity contribution in [2.75, 3.05) is 13.1 Å². The summed E-state index contributed by atoms with van der Waals surface area (Å²) >= 11 is 0. The second kappa shape index (κ2) is 11.8. The molecule has 2 aromatic rings. The van der Waals surface area contributed by atoms with E-state index < -0.39 is 6.04 Å². The summed E-state index contributed by atoms with van der Waals surface area (Å²) in [5.74, 6) is -0.487. The van der Waals surface area contributed by atoms with Gasteiger partial charge in [-0.05, 0) is 43.0 Å². The first-order valence-corrected chi connectivity index (χ1v) is 11.9. The molecule has 1 fully saturated rings. The lowest BCUT2D eigenvalue weighted by Gasteiger charge is -2.35. The van der Waals surface area contributed by atoms with Gasteiger partial charge in [-0.2, -0.15) is 0 Å². The Bertz CT molecular complexity index is 965. The molecule has 1 aliphatic rings. The number of morpholine rings is 1. The van der Waals surface area contributed by atoms with Gasteiger partial charge in [-0.15, -0.1) is 0 Å². The van der Waals surface area contributed by atoms with E-state index in [0.29, 0.717) is 25.2 Å². The zero-order valence-corrected chi connectivity index (χ0v) is 20.4. The maximum Gasteiger partial charge on any atom is 0.254 e. The van der Waals surface area contributed by atoms with Crippen LogP contribution in [0.15, 0.2) is 54.6 Å². The molecule has 1 heterocycles. The molecule has 0 spiro atoms. The monoisotopic (exact) mass is 465 g/mol. The Hall–Kier alpha value is -3.19. The van der Waals surface area contributed by atoms with Gasteiger partial charge in [0.25, 0.3) is 5.91 Å². The summed E-state index contributed by atoms with van der Waals surface area (Å²) in [4.78, 5) is 39.9. The Labute approximate surface area is 201 Å². The van der Waals surface area contributed by atoms with Crippen LogP contribution in [-0.4, -0.2) is 54.0 Å². The molecule has 3 rings (SSSR count). The van der Waals surface area contributed by atoms with Crippen LogP contribution in [0.5, 0.6) is 0 Å².